The molecule has 1 unspecified atom stereocenters. The van der Waals surface area contributed by atoms with Crippen LogP contribution >= 0.6 is 23.2 Å². The van der Waals surface area contributed by atoms with Crippen molar-refractivity contribution in [2.24, 2.45) is 5.92 Å². The molecule has 0 heterocycles. The highest BCUT2D eigenvalue weighted by Gasteiger charge is 2.63. The van der Waals surface area contributed by atoms with Crippen molar-refractivity contribution in [1.82, 2.24) is 0 Å². The standard InChI is InChI=1S/C12H8Cl2F3NO/c13-9-6(5-18)1-4-8(10(9)14)11(19,7-2-3-7)12(15,16)17/h1,4,7,19H,2-3H2. The molecular formula is C12H8Cl2F3NO. The lowest BCUT2D eigenvalue weighted by molar-refractivity contribution is -0.275. The molecule has 0 aliphatic heterocycles. The van der Waals surface area contributed by atoms with E-state index in [0.717, 1.165) is 12.1 Å². The first-order valence-electron chi connectivity index (χ1n) is 5.41. The second kappa shape index (κ2) is 4.55. The zero-order valence-electron chi connectivity index (χ0n) is 9.43. The Morgan fingerprint density at radius 2 is 1.79 bits per heavy atom. The fourth-order valence-electron chi connectivity index (χ4n) is 2.04. The summed E-state index contributed by atoms with van der Waals surface area (Å²) in [6, 6.07) is 3.86. The van der Waals surface area contributed by atoms with Crippen LogP contribution in [0.4, 0.5) is 13.2 Å². The van der Waals surface area contributed by atoms with Gasteiger partial charge in [-0.15, -0.1) is 0 Å². The molecule has 1 N–H and O–H groups in total. The zero-order valence-corrected chi connectivity index (χ0v) is 10.9. The van der Waals surface area contributed by atoms with Gasteiger partial charge in [-0.05, 0) is 18.9 Å². The molecule has 1 aliphatic rings. The topological polar surface area (TPSA) is 44.0 Å². The average molecular weight is 310 g/mol. The van der Waals surface area contributed by atoms with Crippen LogP contribution in [0.1, 0.15) is 24.0 Å². The normalized spacial score (nSPS) is 18.8. The Bertz CT molecular complexity index is 563. The number of rotatable bonds is 2. The van der Waals surface area contributed by atoms with E-state index in [1.54, 1.807) is 6.07 Å². The zero-order chi connectivity index (χ0) is 14.4. The summed E-state index contributed by atoms with van der Waals surface area (Å²) in [6.07, 6.45) is -4.32. The van der Waals surface area contributed by atoms with Crippen LogP contribution < -0.4 is 0 Å². The number of alkyl halides is 3. The van der Waals surface area contributed by atoms with Gasteiger partial charge in [-0.25, -0.2) is 0 Å². The predicted molar refractivity (Wildman–Crippen MR) is 63.9 cm³/mol. The SMILES string of the molecule is N#Cc1ccc(C(O)(C2CC2)C(F)(F)F)c(Cl)c1Cl. The first kappa shape index (κ1) is 14.4. The summed E-state index contributed by atoms with van der Waals surface area (Å²) >= 11 is 11.5. The maximum atomic E-state index is 13.2. The van der Waals surface area contributed by atoms with Gasteiger partial charge < -0.3 is 5.11 Å². The van der Waals surface area contributed by atoms with Crippen molar-refractivity contribution < 1.29 is 18.3 Å². The third-order valence-electron chi connectivity index (χ3n) is 3.21. The largest absolute Gasteiger partial charge is 0.421 e. The smallest absolute Gasteiger partial charge is 0.376 e. The third-order valence-corrected chi connectivity index (χ3v) is 4.10. The van der Waals surface area contributed by atoms with E-state index in [2.05, 4.69) is 0 Å². The Balaban J connectivity index is 2.63. The fourth-order valence-corrected chi connectivity index (χ4v) is 2.55. The molecule has 0 aromatic heterocycles. The van der Waals surface area contributed by atoms with Crippen LogP contribution in [0.5, 0.6) is 0 Å². The number of hydrogen-bond donors (Lipinski definition) is 1. The molecule has 0 amide bonds. The van der Waals surface area contributed by atoms with Gasteiger partial charge in [-0.2, -0.15) is 18.4 Å². The van der Waals surface area contributed by atoms with E-state index in [4.69, 9.17) is 28.5 Å². The second-order valence-electron chi connectivity index (χ2n) is 4.44. The maximum Gasteiger partial charge on any atom is 0.421 e. The third kappa shape index (κ3) is 2.18. The van der Waals surface area contributed by atoms with E-state index < -0.39 is 28.3 Å². The van der Waals surface area contributed by atoms with Crippen LogP contribution in [-0.2, 0) is 5.60 Å². The molecule has 1 aromatic carbocycles. The van der Waals surface area contributed by atoms with Gasteiger partial charge in [0.1, 0.15) is 6.07 Å². The van der Waals surface area contributed by atoms with Gasteiger partial charge in [0, 0.05) is 11.5 Å². The van der Waals surface area contributed by atoms with Crippen LogP contribution in [0, 0.1) is 17.2 Å². The van der Waals surface area contributed by atoms with Gasteiger partial charge in [0.25, 0.3) is 0 Å². The highest BCUT2D eigenvalue weighted by Crippen LogP contribution is 2.56. The number of hydrogen-bond acceptors (Lipinski definition) is 2. The van der Waals surface area contributed by atoms with Crippen molar-refractivity contribution in [1.29, 1.82) is 5.26 Å². The lowest BCUT2D eigenvalue weighted by atomic mass is 9.87. The summed E-state index contributed by atoms with van der Waals surface area (Å²) < 4.78 is 39.5. The van der Waals surface area contributed by atoms with E-state index >= 15 is 0 Å². The minimum absolute atomic E-state index is 0.0317. The highest BCUT2D eigenvalue weighted by molar-refractivity contribution is 6.43. The molecule has 1 aromatic rings. The first-order chi connectivity index (χ1) is 8.73. The van der Waals surface area contributed by atoms with Crippen LogP contribution in [0.2, 0.25) is 10.0 Å². The monoisotopic (exact) mass is 309 g/mol. The fraction of sp³-hybridized carbons (Fsp3) is 0.417. The van der Waals surface area contributed by atoms with Gasteiger partial charge in [-0.1, -0.05) is 29.3 Å². The van der Waals surface area contributed by atoms with Crippen LogP contribution in [0.25, 0.3) is 0 Å². The van der Waals surface area contributed by atoms with Crippen molar-refractivity contribution in [3.05, 3.63) is 33.3 Å². The second-order valence-corrected chi connectivity index (χ2v) is 5.19. The lowest BCUT2D eigenvalue weighted by Crippen LogP contribution is -2.44. The molecule has 0 bridgehead atoms. The number of nitrogens with zero attached hydrogens (tertiary/aromatic N) is 1. The molecule has 2 rings (SSSR count). The van der Waals surface area contributed by atoms with E-state index in [0.29, 0.717) is 0 Å². The quantitative estimate of drug-likeness (QED) is 0.896. The molecule has 1 atom stereocenters. The maximum absolute atomic E-state index is 13.2. The molecule has 7 heteroatoms. The van der Waals surface area contributed by atoms with Crippen LogP contribution in [0.3, 0.4) is 0 Å². The number of benzene rings is 1. The summed E-state index contributed by atoms with van der Waals surface area (Å²) in [4.78, 5) is 0. The Labute approximate surface area is 117 Å². The summed E-state index contributed by atoms with van der Waals surface area (Å²) in [7, 11) is 0. The van der Waals surface area contributed by atoms with Crippen molar-refractivity contribution >= 4 is 23.2 Å². The Morgan fingerprint density at radius 3 is 2.21 bits per heavy atom. The summed E-state index contributed by atoms with van der Waals surface area (Å²) in [5.74, 6) is -0.922. The molecule has 1 saturated carbocycles. The van der Waals surface area contributed by atoms with Gasteiger partial charge in [0.05, 0.1) is 15.6 Å². The molecule has 0 radical (unpaired) electrons. The van der Waals surface area contributed by atoms with Crippen molar-refractivity contribution in [2.75, 3.05) is 0 Å². The molecule has 0 saturated heterocycles. The van der Waals surface area contributed by atoms with Crippen molar-refractivity contribution in [3.63, 3.8) is 0 Å². The molecular weight excluding hydrogens is 302 g/mol. The average Bonchev–Trinajstić information content (AvgIpc) is 3.14. The van der Waals surface area contributed by atoms with Gasteiger partial charge in [-0.3, -0.25) is 0 Å². The Kier molecular flexibility index (Phi) is 3.46. The van der Waals surface area contributed by atoms with Gasteiger partial charge >= 0.3 is 6.18 Å². The summed E-state index contributed by atoms with van der Waals surface area (Å²) in [5, 5.41) is 18.1. The van der Waals surface area contributed by atoms with Crippen molar-refractivity contribution in [2.45, 2.75) is 24.6 Å². The van der Waals surface area contributed by atoms with Gasteiger partial charge in [0.2, 0.25) is 0 Å². The molecule has 1 aliphatic carbocycles. The molecule has 19 heavy (non-hydrogen) atoms. The molecule has 1 fully saturated rings. The lowest BCUT2D eigenvalue weighted by Gasteiger charge is -2.32. The summed E-state index contributed by atoms with van der Waals surface area (Å²) in [5.41, 5.74) is -3.54. The van der Waals surface area contributed by atoms with E-state index in [-0.39, 0.29) is 23.4 Å². The van der Waals surface area contributed by atoms with E-state index in [9.17, 15) is 18.3 Å². The van der Waals surface area contributed by atoms with Gasteiger partial charge in [0.15, 0.2) is 5.60 Å². The Morgan fingerprint density at radius 1 is 1.21 bits per heavy atom. The van der Waals surface area contributed by atoms with Crippen LogP contribution in [-0.4, -0.2) is 11.3 Å². The van der Waals surface area contributed by atoms with Crippen LogP contribution in [0.15, 0.2) is 12.1 Å². The number of aliphatic hydroxyl groups is 1. The van der Waals surface area contributed by atoms with Crippen molar-refractivity contribution in [3.8, 4) is 6.07 Å². The minimum atomic E-state index is -4.85. The first-order valence-corrected chi connectivity index (χ1v) is 6.16. The minimum Gasteiger partial charge on any atom is -0.376 e. The van der Waals surface area contributed by atoms with E-state index in [1.165, 1.54) is 0 Å². The predicted octanol–water partition coefficient (Wildman–Crippen LogP) is 4.02. The molecule has 2 nitrogen and oxygen atoms in total. The Hall–Kier alpha value is -0.960. The summed E-state index contributed by atoms with van der Waals surface area (Å²) in [6.45, 7) is 0. The number of halogens is 5. The molecule has 0 spiro atoms. The molecule has 102 valence electrons. The highest BCUT2D eigenvalue weighted by atomic mass is 35.5. The number of nitriles is 1. The van der Waals surface area contributed by atoms with E-state index in [1.807, 2.05) is 0 Å².